The van der Waals surface area contributed by atoms with E-state index in [9.17, 15) is 4.79 Å². The predicted molar refractivity (Wildman–Crippen MR) is 72.6 cm³/mol. The molecular formula is C14H18BrNO. The highest BCUT2D eigenvalue weighted by Crippen LogP contribution is 2.17. The lowest BCUT2D eigenvalue weighted by Gasteiger charge is -2.25. The molecule has 0 atom stereocenters. The molecule has 2 nitrogen and oxygen atoms in total. The molecule has 1 aliphatic heterocycles. The normalized spacial score (nSPS) is 17.7. The van der Waals surface area contributed by atoms with Gasteiger partial charge in [0, 0.05) is 24.0 Å². The Bertz CT molecular complexity index is 392. The molecule has 0 N–H and O–H groups in total. The summed E-state index contributed by atoms with van der Waals surface area (Å²) >= 11 is 3.47. The Kier molecular flexibility index (Phi) is 4.60. The average molecular weight is 296 g/mol. The number of halogens is 1. The van der Waals surface area contributed by atoms with E-state index < -0.39 is 0 Å². The fraction of sp³-hybridized carbons (Fsp3) is 0.500. The molecule has 17 heavy (non-hydrogen) atoms. The first-order valence-corrected chi connectivity index (χ1v) is 7.07. The van der Waals surface area contributed by atoms with Gasteiger partial charge in [-0.1, -0.05) is 40.9 Å². The molecule has 0 saturated carbocycles. The Morgan fingerprint density at radius 1 is 1.18 bits per heavy atom. The molecule has 1 heterocycles. The van der Waals surface area contributed by atoms with Gasteiger partial charge in [0.15, 0.2) is 0 Å². The predicted octanol–water partition coefficient (Wildman–Crippen LogP) is 3.74. The van der Waals surface area contributed by atoms with Gasteiger partial charge in [0.1, 0.15) is 0 Å². The fourth-order valence-corrected chi connectivity index (χ4v) is 2.68. The lowest BCUT2D eigenvalue weighted by molar-refractivity contribution is -0.132. The Morgan fingerprint density at radius 3 is 2.82 bits per heavy atom. The van der Waals surface area contributed by atoms with Gasteiger partial charge in [-0.15, -0.1) is 0 Å². The second-order valence-electron chi connectivity index (χ2n) is 4.61. The highest BCUT2D eigenvalue weighted by atomic mass is 79.9. The van der Waals surface area contributed by atoms with E-state index in [4.69, 9.17) is 0 Å². The Morgan fingerprint density at radius 2 is 2.00 bits per heavy atom. The number of benzene rings is 1. The molecular weight excluding hydrogens is 278 g/mol. The topological polar surface area (TPSA) is 20.3 Å². The van der Waals surface area contributed by atoms with E-state index in [0.29, 0.717) is 12.3 Å². The third kappa shape index (κ3) is 3.84. The SMILES string of the molecule is O=C1CCCCCCN1Cc1cccc(Br)c1. The van der Waals surface area contributed by atoms with Gasteiger partial charge in [-0.2, -0.15) is 0 Å². The number of hydrogen-bond donors (Lipinski definition) is 0. The molecule has 1 aromatic carbocycles. The maximum absolute atomic E-state index is 12.0. The van der Waals surface area contributed by atoms with Crippen LogP contribution in [-0.4, -0.2) is 17.4 Å². The van der Waals surface area contributed by atoms with Crippen LogP contribution in [0, 0.1) is 0 Å². The van der Waals surface area contributed by atoms with Gasteiger partial charge in [-0.05, 0) is 30.5 Å². The maximum Gasteiger partial charge on any atom is 0.222 e. The number of carbonyl (C=O) groups is 1. The highest BCUT2D eigenvalue weighted by molar-refractivity contribution is 9.10. The summed E-state index contributed by atoms with van der Waals surface area (Å²) in [5, 5.41) is 0. The summed E-state index contributed by atoms with van der Waals surface area (Å²) in [6, 6.07) is 8.20. The first-order valence-electron chi connectivity index (χ1n) is 6.28. The maximum atomic E-state index is 12.0. The van der Waals surface area contributed by atoms with Gasteiger partial charge >= 0.3 is 0 Å². The fourth-order valence-electron chi connectivity index (χ4n) is 2.24. The van der Waals surface area contributed by atoms with E-state index in [-0.39, 0.29) is 0 Å². The first-order chi connectivity index (χ1) is 8.25. The quantitative estimate of drug-likeness (QED) is 0.814. The zero-order valence-electron chi connectivity index (χ0n) is 9.99. The van der Waals surface area contributed by atoms with Gasteiger partial charge in [-0.3, -0.25) is 4.79 Å². The van der Waals surface area contributed by atoms with Crippen molar-refractivity contribution in [2.75, 3.05) is 6.54 Å². The number of rotatable bonds is 2. The van der Waals surface area contributed by atoms with E-state index in [2.05, 4.69) is 28.1 Å². The van der Waals surface area contributed by atoms with Crippen molar-refractivity contribution in [2.24, 2.45) is 0 Å². The molecule has 1 fully saturated rings. The molecule has 1 aromatic rings. The molecule has 92 valence electrons. The summed E-state index contributed by atoms with van der Waals surface area (Å²) in [5.41, 5.74) is 1.20. The average Bonchev–Trinajstić information content (AvgIpc) is 2.29. The Balaban J connectivity index is 2.02. The molecule has 0 aliphatic carbocycles. The molecule has 0 radical (unpaired) electrons. The summed E-state index contributed by atoms with van der Waals surface area (Å²) < 4.78 is 1.08. The molecule has 0 aromatic heterocycles. The van der Waals surface area contributed by atoms with Crippen LogP contribution in [-0.2, 0) is 11.3 Å². The van der Waals surface area contributed by atoms with Crippen LogP contribution in [0.3, 0.4) is 0 Å². The monoisotopic (exact) mass is 295 g/mol. The van der Waals surface area contributed by atoms with Crippen LogP contribution in [0.1, 0.15) is 37.7 Å². The van der Waals surface area contributed by atoms with Gasteiger partial charge in [0.05, 0.1) is 0 Å². The summed E-state index contributed by atoms with van der Waals surface area (Å²) in [6.07, 6.45) is 5.36. The number of likely N-dealkylation sites (tertiary alicyclic amines) is 1. The third-order valence-corrected chi connectivity index (χ3v) is 3.68. The molecule has 0 unspecified atom stereocenters. The zero-order valence-corrected chi connectivity index (χ0v) is 11.6. The van der Waals surface area contributed by atoms with Crippen LogP contribution in [0.5, 0.6) is 0 Å². The number of hydrogen-bond acceptors (Lipinski definition) is 1. The molecule has 0 spiro atoms. The molecule has 1 saturated heterocycles. The van der Waals surface area contributed by atoms with E-state index in [1.165, 1.54) is 18.4 Å². The minimum absolute atomic E-state index is 0.310. The van der Waals surface area contributed by atoms with Crippen molar-refractivity contribution in [3.05, 3.63) is 34.3 Å². The van der Waals surface area contributed by atoms with Gasteiger partial charge in [0.2, 0.25) is 5.91 Å². The third-order valence-electron chi connectivity index (χ3n) is 3.18. The summed E-state index contributed by atoms with van der Waals surface area (Å²) in [4.78, 5) is 14.0. The molecule has 1 aliphatic rings. The van der Waals surface area contributed by atoms with Crippen molar-refractivity contribution in [1.29, 1.82) is 0 Å². The molecule has 1 amide bonds. The second-order valence-corrected chi connectivity index (χ2v) is 5.53. The minimum atomic E-state index is 0.310. The Hall–Kier alpha value is -0.830. The highest BCUT2D eigenvalue weighted by Gasteiger charge is 2.15. The van der Waals surface area contributed by atoms with Crippen molar-refractivity contribution in [1.82, 2.24) is 4.90 Å². The van der Waals surface area contributed by atoms with Crippen LogP contribution in [0.4, 0.5) is 0 Å². The van der Waals surface area contributed by atoms with E-state index >= 15 is 0 Å². The van der Waals surface area contributed by atoms with Crippen LogP contribution in [0.25, 0.3) is 0 Å². The van der Waals surface area contributed by atoms with Crippen LogP contribution in [0.2, 0.25) is 0 Å². The van der Waals surface area contributed by atoms with Crippen molar-refractivity contribution < 1.29 is 4.79 Å². The zero-order chi connectivity index (χ0) is 12.1. The summed E-state index contributed by atoms with van der Waals surface area (Å²) in [5.74, 6) is 0.310. The first kappa shape index (κ1) is 12.6. The largest absolute Gasteiger partial charge is 0.338 e. The van der Waals surface area contributed by atoms with Crippen LogP contribution >= 0.6 is 15.9 Å². The van der Waals surface area contributed by atoms with Gasteiger partial charge in [0.25, 0.3) is 0 Å². The summed E-state index contributed by atoms with van der Waals surface area (Å²) in [7, 11) is 0. The smallest absolute Gasteiger partial charge is 0.222 e. The lowest BCUT2D eigenvalue weighted by Crippen LogP contribution is -2.32. The molecule has 3 heteroatoms. The van der Waals surface area contributed by atoms with Crippen molar-refractivity contribution in [2.45, 2.75) is 38.6 Å². The number of carbonyl (C=O) groups excluding carboxylic acids is 1. The summed E-state index contributed by atoms with van der Waals surface area (Å²) in [6.45, 7) is 1.66. The number of amides is 1. The van der Waals surface area contributed by atoms with Crippen LogP contribution in [0.15, 0.2) is 28.7 Å². The van der Waals surface area contributed by atoms with Gasteiger partial charge < -0.3 is 4.90 Å². The van der Waals surface area contributed by atoms with Crippen molar-refractivity contribution in [3.63, 3.8) is 0 Å². The van der Waals surface area contributed by atoms with Crippen molar-refractivity contribution >= 4 is 21.8 Å². The second kappa shape index (κ2) is 6.20. The molecule has 2 rings (SSSR count). The van der Waals surface area contributed by atoms with Crippen LogP contribution < -0.4 is 0 Å². The number of nitrogens with zero attached hydrogens (tertiary/aromatic N) is 1. The minimum Gasteiger partial charge on any atom is -0.338 e. The van der Waals surface area contributed by atoms with Gasteiger partial charge in [-0.25, -0.2) is 0 Å². The standard InChI is InChI=1S/C14H18BrNO/c15-13-7-5-6-12(10-13)11-16-9-4-2-1-3-8-14(16)17/h5-7,10H,1-4,8-9,11H2. The van der Waals surface area contributed by atoms with E-state index in [1.54, 1.807) is 0 Å². The lowest BCUT2D eigenvalue weighted by atomic mass is 10.1. The molecule has 0 bridgehead atoms. The van der Waals surface area contributed by atoms with E-state index in [0.717, 1.165) is 30.4 Å². The van der Waals surface area contributed by atoms with Crippen molar-refractivity contribution in [3.8, 4) is 0 Å². The Labute approximate surface area is 111 Å². The van der Waals surface area contributed by atoms with E-state index in [1.807, 2.05) is 17.0 Å².